The van der Waals surface area contributed by atoms with Crippen LogP contribution in [0.2, 0.25) is 10.0 Å². The number of thioether (sulfide) groups is 1. The van der Waals surface area contributed by atoms with Gasteiger partial charge in [0, 0.05) is 45.5 Å². The highest BCUT2D eigenvalue weighted by molar-refractivity contribution is 8.04. The first kappa shape index (κ1) is 28.6. The van der Waals surface area contributed by atoms with E-state index in [1.54, 1.807) is 23.1 Å². The van der Waals surface area contributed by atoms with Gasteiger partial charge >= 0.3 is 0 Å². The number of hydrogen-bond acceptors (Lipinski definition) is 9. The maximum atomic E-state index is 11.0. The molecule has 37 heavy (non-hydrogen) atoms. The van der Waals surface area contributed by atoms with E-state index < -0.39 is 31.7 Å². The first-order valence-electron chi connectivity index (χ1n) is 11.4. The van der Waals surface area contributed by atoms with Crippen LogP contribution in [0, 0.1) is 0 Å². The number of rotatable bonds is 11. The minimum atomic E-state index is -4.27. The molecule has 4 rings (SSSR count). The molecule has 14 heteroatoms. The van der Waals surface area contributed by atoms with Crippen LogP contribution < -0.4 is 9.47 Å². The smallest absolute Gasteiger partial charge is 0.265 e. The van der Waals surface area contributed by atoms with Gasteiger partial charge in [0.1, 0.15) is 4.70 Å². The zero-order chi connectivity index (χ0) is 26.8. The summed E-state index contributed by atoms with van der Waals surface area (Å²) in [5.74, 6) is -0.822. The molecule has 0 N–H and O–H groups in total. The Labute approximate surface area is 234 Å². The first-order valence-corrected chi connectivity index (χ1v) is 16.9. The Bertz CT molecular complexity index is 1550. The van der Waals surface area contributed by atoms with E-state index in [0.29, 0.717) is 36.0 Å². The summed E-state index contributed by atoms with van der Waals surface area (Å²) in [7, 11) is -8.55. The van der Waals surface area contributed by atoms with Crippen LogP contribution in [0.5, 0.6) is 0 Å². The van der Waals surface area contributed by atoms with Crippen LogP contribution in [0.4, 0.5) is 5.69 Å². The molecule has 0 fully saturated rings. The Kier molecular flexibility index (Phi) is 9.12. The Morgan fingerprint density at radius 1 is 0.892 bits per heavy atom. The molecule has 0 saturated carbocycles. The third-order valence-corrected chi connectivity index (χ3v) is 9.96. The highest BCUT2D eigenvalue weighted by atomic mass is 35.5. The monoisotopic (exact) mass is 621 g/mol. The van der Waals surface area contributed by atoms with Crippen molar-refractivity contribution in [2.75, 3.05) is 23.0 Å². The highest BCUT2D eigenvalue weighted by Gasteiger charge is 2.28. The van der Waals surface area contributed by atoms with Crippen LogP contribution in [0.25, 0.3) is 16.3 Å². The van der Waals surface area contributed by atoms with Gasteiger partial charge in [-0.3, -0.25) is 0 Å². The lowest BCUT2D eigenvalue weighted by Crippen LogP contribution is -2.35. The topological polar surface area (TPSA) is 122 Å². The number of benzene rings is 2. The lowest BCUT2D eigenvalue weighted by Gasteiger charge is -2.20. The second-order valence-corrected chi connectivity index (χ2v) is 14.5. The van der Waals surface area contributed by atoms with Crippen LogP contribution in [0.3, 0.4) is 0 Å². The van der Waals surface area contributed by atoms with Crippen molar-refractivity contribution in [1.29, 1.82) is 0 Å². The van der Waals surface area contributed by atoms with E-state index in [9.17, 15) is 25.9 Å². The van der Waals surface area contributed by atoms with E-state index in [4.69, 9.17) is 23.2 Å². The van der Waals surface area contributed by atoms with Crippen LogP contribution in [0.15, 0.2) is 46.3 Å². The van der Waals surface area contributed by atoms with Crippen molar-refractivity contribution in [1.82, 2.24) is 0 Å². The zero-order valence-electron chi connectivity index (χ0n) is 19.4. The van der Waals surface area contributed by atoms with E-state index in [1.807, 2.05) is 42.5 Å². The van der Waals surface area contributed by atoms with Gasteiger partial charge in [0.15, 0.2) is 6.54 Å². The molecule has 3 aromatic rings. The number of aromatic nitrogens is 1. The normalized spacial score (nSPS) is 15.1. The van der Waals surface area contributed by atoms with Gasteiger partial charge in [0.05, 0.1) is 37.0 Å². The second-order valence-electron chi connectivity index (χ2n) is 8.49. The molecule has 0 amide bonds. The number of fused-ring (bicyclic) bond motifs is 2. The molecule has 0 saturated heterocycles. The Morgan fingerprint density at radius 3 is 2.24 bits per heavy atom. The van der Waals surface area contributed by atoms with Crippen molar-refractivity contribution >= 4 is 88.5 Å². The van der Waals surface area contributed by atoms with Crippen LogP contribution in [-0.2, 0) is 26.8 Å². The van der Waals surface area contributed by atoms with Crippen LogP contribution >= 0.6 is 46.3 Å². The molecule has 2 heterocycles. The summed E-state index contributed by atoms with van der Waals surface area (Å²) < 4.78 is 69.2. The summed E-state index contributed by atoms with van der Waals surface area (Å²) in [5, 5.41) is 2.98. The first-order chi connectivity index (χ1) is 17.4. The number of aryl methyl sites for hydroxylation is 1. The van der Waals surface area contributed by atoms with Crippen molar-refractivity contribution in [2.45, 2.75) is 37.1 Å². The Morgan fingerprint density at radius 2 is 1.54 bits per heavy atom. The molecule has 1 aliphatic rings. The van der Waals surface area contributed by atoms with Gasteiger partial charge in [-0.2, -0.15) is 4.57 Å². The summed E-state index contributed by atoms with van der Waals surface area (Å²) in [4.78, 5) is 3.07. The molecule has 200 valence electrons. The third-order valence-electron chi connectivity index (χ3n) is 5.68. The summed E-state index contributed by atoms with van der Waals surface area (Å²) in [6.07, 6.45) is 3.53. The second kappa shape index (κ2) is 11.8. The molecule has 0 atom stereocenters. The van der Waals surface area contributed by atoms with Crippen LogP contribution in [0.1, 0.15) is 30.7 Å². The van der Waals surface area contributed by atoms with Crippen molar-refractivity contribution in [3.05, 3.63) is 56.5 Å². The van der Waals surface area contributed by atoms with Gasteiger partial charge in [-0.1, -0.05) is 46.3 Å². The molecule has 2 aromatic carbocycles. The molecule has 1 aliphatic heterocycles. The Balaban J connectivity index is 1.66. The fourth-order valence-electron chi connectivity index (χ4n) is 4.03. The number of nitrogens with zero attached hydrogens (tertiary/aromatic N) is 2. The summed E-state index contributed by atoms with van der Waals surface area (Å²) in [5.41, 5.74) is 1.81. The number of halogens is 2. The van der Waals surface area contributed by atoms with Gasteiger partial charge in [-0.15, -0.1) is 0 Å². The maximum absolute atomic E-state index is 11.0. The molecular formula is C23H23Cl2N2O6S4-. The minimum Gasteiger partial charge on any atom is -0.748 e. The predicted octanol–water partition coefficient (Wildman–Crippen LogP) is 5.06. The molecule has 0 unspecified atom stereocenters. The average Bonchev–Trinajstić information content (AvgIpc) is 3.30. The molecule has 0 bridgehead atoms. The standard InChI is InChI=1S/C23H24Cl2N2O6S4/c24-16-5-7-20-18(13-16)26(9-1-3-11-36(28,29)30)22(34-20)15-23-27(10-2-4-12-37(31,32)33)19-14-17(25)6-8-21(19)35-23/h5-8,13-15H,1-4,9-12H2,(H-,28,29,30,31,32,33)/p-1. The molecular weight excluding hydrogens is 599 g/mol. The maximum Gasteiger partial charge on any atom is 0.265 e. The quantitative estimate of drug-likeness (QED) is 0.165. The molecule has 8 nitrogen and oxygen atoms in total. The van der Waals surface area contributed by atoms with E-state index in [1.165, 1.54) is 0 Å². The number of thiazole rings is 1. The Hall–Kier alpha value is -1.38. The number of hydrogen-bond donors (Lipinski definition) is 0. The largest absolute Gasteiger partial charge is 0.748 e. The van der Waals surface area contributed by atoms with Gasteiger partial charge in [0.25, 0.3) is 5.01 Å². The molecule has 0 aliphatic carbocycles. The minimum absolute atomic E-state index is 0.250. The summed E-state index contributed by atoms with van der Waals surface area (Å²) >= 11 is 15.6. The zero-order valence-corrected chi connectivity index (χ0v) is 24.2. The van der Waals surface area contributed by atoms with Crippen molar-refractivity contribution < 1.29 is 30.5 Å². The fourth-order valence-corrected chi connectivity index (χ4v) is 7.76. The highest BCUT2D eigenvalue weighted by Crippen LogP contribution is 2.48. The van der Waals surface area contributed by atoms with Crippen molar-refractivity contribution in [3.63, 3.8) is 0 Å². The third kappa shape index (κ3) is 7.82. The average molecular weight is 623 g/mol. The lowest BCUT2D eigenvalue weighted by atomic mass is 10.2. The van der Waals surface area contributed by atoms with E-state index in [0.717, 1.165) is 30.8 Å². The van der Waals surface area contributed by atoms with E-state index in [-0.39, 0.29) is 12.8 Å². The fraction of sp³-hybridized carbons (Fsp3) is 0.348. The van der Waals surface area contributed by atoms with Gasteiger partial charge in [-0.05, 0) is 49.6 Å². The van der Waals surface area contributed by atoms with Crippen LogP contribution in [-0.4, -0.2) is 44.0 Å². The van der Waals surface area contributed by atoms with E-state index >= 15 is 0 Å². The molecule has 1 aromatic heterocycles. The van der Waals surface area contributed by atoms with E-state index in [2.05, 4.69) is 9.47 Å². The molecule has 0 spiro atoms. The molecule has 0 radical (unpaired) electrons. The summed E-state index contributed by atoms with van der Waals surface area (Å²) in [6.45, 7) is 1.000. The number of unbranched alkanes of at least 4 members (excludes halogenated alkanes) is 2. The SMILES string of the molecule is O=S(=O)([O-])CCCCN1C(=Cc2sc3ccc(Cl)cc3[n+]2CCCCS(=O)(=O)[O-])Sc2ccc(Cl)cc21. The van der Waals surface area contributed by atoms with Gasteiger partial charge in [-0.25, -0.2) is 16.8 Å². The lowest BCUT2D eigenvalue weighted by molar-refractivity contribution is -0.669. The van der Waals surface area contributed by atoms with Crippen molar-refractivity contribution in [3.8, 4) is 0 Å². The van der Waals surface area contributed by atoms with Gasteiger partial charge in [0.2, 0.25) is 5.52 Å². The number of anilines is 1. The summed E-state index contributed by atoms with van der Waals surface area (Å²) in [6, 6.07) is 11.2. The predicted molar refractivity (Wildman–Crippen MR) is 147 cm³/mol. The van der Waals surface area contributed by atoms with Crippen molar-refractivity contribution in [2.24, 2.45) is 0 Å². The van der Waals surface area contributed by atoms with Gasteiger partial charge < -0.3 is 14.0 Å².